The number of aromatic nitrogens is 2. The van der Waals surface area contributed by atoms with Gasteiger partial charge < -0.3 is 4.74 Å². The molecule has 4 nitrogen and oxygen atoms in total. The van der Waals surface area contributed by atoms with Crippen LogP contribution in [-0.4, -0.2) is 29.0 Å². The maximum atomic E-state index is 12.8. The van der Waals surface area contributed by atoms with Crippen LogP contribution >= 0.6 is 23.5 Å². The van der Waals surface area contributed by atoms with Crippen molar-refractivity contribution in [2.75, 3.05) is 19.5 Å². The van der Waals surface area contributed by atoms with E-state index in [9.17, 15) is 4.79 Å². The Kier molecular flexibility index (Phi) is 5.69. The third kappa shape index (κ3) is 3.71. The van der Waals surface area contributed by atoms with E-state index in [1.165, 1.54) is 16.7 Å². The van der Waals surface area contributed by atoms with Crippen molar-refractivity contribution in [3.8, 4) is 0 Å². The minimum Gasteiger partial charge on any atom is -0.383 e. The lowest BCUT2D eigenvalue weighted by Gasteiger charge is -2.14. The number of aryl methyl sites for hydroxylation is 3. The molecule has 128 valence electrons. The molecule has 1 aromatic heterocycles. The molecule has 0 aliphatic carbocycles. The molecule has 0 radical (unpaired) electrons. The van der Waals surface area contributed by atoms with Crippen molar-refractivity contribution in [3.63, 3.8) is 0 Å². The lowest BCUT2D eigenvalue weighted by Crippen LogP contribution is -2.27. The van der Waals surface area contributed by atoms with Gasteiger partial charge in [-0.1, -0.05) is 35.5 Å². The summed E-state index contributed by atoms with van der Waals surface area (Å²) in [5, 5.41) is 0.805. The van der Waals surface area contributed by atoms with Gasteiger partial charge in [-0.2, -0.15) is 0 Å². The molecule has 0 spiro atoms. The molecule has 2 aromatic rings. The van der Waals surface area contributed by atoms with Crippen molar-refractivity contribution >= 4 is 23.5 Å². The molecule has 0 bridgehead atoms. The molecule has 2 heterocycles. The number of benzene rings is 1. The van der Waals surface area contributed by atoms with Crippen molar-refractivity contribution in [1.82, 2.24) is 9.55 Å². The van der Waals surface area contributed by atoms with Crippen LogP contribution in [0.25, 0.3) is 0 Å². The molecule has 0 atom stereocenters. The largest absolute Gasteiger partial charge is 0.383 e. The lowest BCUT2D eigenvalue weighted by molar-refractivity contribution is 0.182. The van der Waals surface area contributed by atoms with Crippen molar-refractivity contribution in [3.05, 3.63) is 50.9 Å². The number of thioether (sulfide) groups is 2. The fraction of sp³-hybridized carbons (Fsp3) is 0.444. The first-order chi connectivity index (χ1) is 11.6. The summed E-state index contributed by atoms with van der Waals surface area (Å²) in [5.41, 5.74) is 4.87. The quantitative estimate of drug-likeness (QED) is 0.582. The fourth-order valence-electron chi connectivity index (χ4n) is 2.71. The van der Waals surface area contributed by atoms with Crippen LogP contribution in [-0.2, 0) is 23.5 Å². The molecule has 1 aliphatic heterocycles. The van der Waals surface area contributed by atoms with E-state index in [1.807, 2.05) is 0 Å². The van der Waals surface area contributed by atoms with Crippen molar-refractivity contribution in [2.45, 2.75) is 42.6 Å². The van der Waals surface area contributed by atoms with Crippen LogP contribution < -0.4 is 5.56 Å². The van der Waals surface area contributed by atoms with E-state index in [0.717, 1.165) is 33.7 Å². The number of hydrogen-bond acceptors (Lipinski definition) is 5. The molecule has 1 aromatic carbocycles. The molecule has 24 heavy (non-hydrogen) atoms. The number of fused-ring (bicyclic) bond motifs is 1. The number of nitrogens with zero attached hydrogens (tertiary/aromatic N) is 2. The van der Waals surface area contributed by atoms with Gasteiger partial charge >= 0.3 is 0 Å². The Labute approximate surface area is 151 Å². The summed E-state index contributed by atoms with van der Waals surface area (Å²) in [6.07, 6.45) is 0.886. The SMILES string of the molecule is COCCn1c(SCc2cc(C)ccc2C)nc2c(c1=O)SCC2. The third-order valence-corrected chi connectivity index (χ3v) is 6.26. The van der Waals surface area contributed by atoms with E-state index in [-0.39, 0.29) is 5.56 Å². The summed E-state index contributed by atoms with van der Waals surface area (Å²) < 4.78 is 6.94. The molecule has 0 N–H and O–H groups in total. The standard InChI is InChI=1S/C18H22N2O2S2/c1-12-4-5-13(2)14(10-12)11-24-18-19-15-6-9-23-16(15)17(21)20(18)7-8-22-3/h4-5,10H,6-9,11H2,1-3H3. The molecule has 0 saturated carbocycles. The Hall–Kier alpha value is -1.24. The van der Waals surface area contributed by atoms with Crippen LogP contribution in [0, 0.1) is 13.8 Å². The van der Waals surface area contributed by atoms with Crippen LogP contribution in [0.5, 0.6) is 0 Å². The summed E-state index contributed by atoms with van der Waals surface area (Å²) >= 11 is 3.26. The van der Waals surface area contributed by atoms with Gasteiger partial charge in [0.1, 0.15) is 0 Å². The lowest BCUT2D eigenvalue weighted by atomic mass is 10.1. The molecular weight excluding hydrogens is 340 g/mol. The molecule has 6 heteroatoms. The first-order valence-electron chi connectivity index (χ1n) is 8.04. The van der Waals surface area contributed by atoms with E-state index in [1.54, 1.807) is 35.2 Å². The van der Waals surface area contributed by atoms with E-state index in [4.69, 9.17) is 9.72 Å². The van der Waals surface area contributed by atoms with Gasteiger partial charge in [0.15, 0.2) is 5.16 Å². The molecular formula is C18H22N2O2S2. The zero-order valence-electron chi connectivity index (χ0n) is 14.3. The van der Waals surface area contributed by atoms with Gasteiger partial charge in [-0.25, -0.2) is 4.98 Å². The smallest absolute Gasteiger partial charge is 0.268 e. The number of ether oxygens (including phenoxy) is 1. The number of hydrogen-bond donors (Lipinski definition) is 0. The zero-order valence-corrected chi connectivity index (χ0v) is 15.9. The minimum absolute atomic E-state index is 0.0861. The van der Waals surface area contributed by atoms with Crippen LogP contribution in [0.1, 0.15) is 22.4 Å². The highest BCUT2D eigenvalue weighted by molar-refractivity contribution is 7.99. The highest BCUT2D eigenvalue weighted by atomic mass is 32.2. The zero-order chi connectivity index (χ0) is 17.1. The van der Waals surface area contributed by atoms with Gasteiger partial charge in [-0.3, -0.25) is 9.36 Å². The Morgan fingerprint density at radius 3 is 3.00 bits per heavy atom. The minimum atomic E-state index is 0.0861. The second kappa shape index (κ2) is 7.76. The predicted octanol–water partition coefficient (Wildman–Crippen LogP) is 3.45. The Morgan fingerprint density at radius 2 is 2.21 bits per heavy atom. The summed E-state index contributed by atoms with van der Waals surface area (Å²) in [7, 11) is 1.66. The van der Waals surface area contributed by atoms with E-state index >= 15 is 0 Å². The molecule has 3 rings (SSSR count). The topological polar surface area (TPSA) is 44.1 Å². The van der Waals surface area contributed by atoms with E-state index in [2.05, 4.69) is 32.0 Å². The van der Waals surface area contributed by atoms with Crippen molar-refractivity contribution in [1.29, 1.82) is 0 Å². The van der Waals surface area contributed by atoms with Crippen LogP contribution in [0.15, 0.2) is 33.0 Å². The first kappa shape index (κ1) is 17.6. The Morgan fingerprint density at radius 1 is 1.38 bits per heavy atom. The summed E-state index contributed by atoms with van der Waals surface area (Å²) in [5.74, 6) is 1.77. The van der Waals surface area contributed by atoms with Gasteiger partial charge in [0.05, 0.1) is 23.7 Å². The molecule has 0 unspecified atom stereocenters. The highest BCUT2D eigenvalue weighted by Gasteiger charge is 2.21. The monoisotopic (exact) mass is 362 g/mol. The Balaban J connectivity index is 1.90. The first-order valence-corrected chi connectivity index (χ1v) is 10.0. The average molecular weight is 363 g/mol. The molecule has 1 aliphatic rings. The fourth-order valence-corrected chi connectivity index (χ4v) is 4.86. The summed E-state index contributed by atoms with van der Waals surface area (Å²) in [6.45, 7) is 5.29. The second-order valence-electron chi connectivity index (χ2n) is 5.94. The van der Waals surface area contributed by atoms with Gasteiger partial charge in [-0.05, 0) is 25.0 Å². The second-order valence-corrected chi connectivity index (χ2v) is 7.98. The van der Waals surface area contributed by atoms with Gasteiger partial charge in [-0.15, -0.1) is 11.8 Å². The van der Waals surface area contributed by atoms with Gasteiger partial charge in [0.25, 0.3) is 5.56 Å². The van der Waals surface area contributed by atoms with Gasteiger partial charge in [0, 0.05) is 25.0 Å². The van der Waals surface area contributed by atoms with Crippen molar-refractivity contribution in [2.24, 2.45) is 0 Å². The third-order valence-electron chi connectivity index (χ3n) is 4.13. The molecule has 0 amide bonds. The summed E-state index contributed by atoms with van der Waals surface area (Å²) in [4.78, 5) is 18.4. The maximum Gasteiger partial charge on any atom is 0.268 e. The predicted molar refractivity (Wildman–Crippen MR) is 100 cm³/mol. The summed E-state index contributed by atoms with van der Waals surface area (Å²) in [6, 6.07) is 6.49. The van der Waals surface area contributed by atoms with Crippen LogP contribution in [0.4, 0.5) is 0 Å². The molecule has 0 saturated heterocycles. The number of methoxy groups -OCH3 is 1. The van der Waals surface area contributed by atoms with Crippen LogP contribution in [0.2, 0.25) is 0 Å². The highest BCUT2D eigenvalue weighted by Crippen LogP contribution is 2.30. The van der Waals surface area contributed by atoms with E-state index in [0.29, 0.717) is 13.2 Å². The normalized spacial score (nSPS) is 13.3. The Bertz CT molecular complexity index is 802. The maximum absolute atomic E-state index is 12.8. The number of rotatable bonds is 6. The van der Waals surface area contributed by atoms with E-state index < -0.39 is 0 Å². The molecule has 0 fully saturated rings. The average Bonchev–Trinajstić information content (AvgIpc) is 3.04. The van der Waals surface area contributed by atoms with Crippen molar-refractivity contribution < 1.29 is 4.74 Å². The van der Waals surface area contributed by atoms with Gasteiger partial charge in [0.2, 0.25) is 0 Å². The van der Waals surface area contributed by atoms with Crippen LogP contribution in [0.3, 0.4) is 0 Å².